The fourth-order valence-corrected chi connectivity index (χ4v) is 2.33. The van der Waals surface area contributed by atoms with Gasteiger partial charge in [-0.1, -0.05) is 0 Å². The maximum Gasteiger partial charge on any atom is 0.313 e. The Balaban J connectivity index is 2.15. The Labute approximate surface area is 99.6 Å². The zero-order valence-electron chi connectivity index (χ0n) is 9.44. The van der Waals surface area contributed by atoms with Crippen LogP contribution in [0.2, 0.25) is 0 Å². The summed E-state index contributed by atoms with van der Waals surface area (Å²) in [6.45, 7) is 1.97. The van der Waals surface area contributed by atoms with Crippen molar-refractivity contribution in [1.29, 1.82) is 0 Å². The number of likely N-dealkylation sites (tertiary alicyclic amines) is 1. The van der Waals surface area contributed by atoms with E-state index in [0.717, 1.165) is 37.7 Å². The zero-order chi connectivity index (χ0) is 12.0. The van der Waals surface area contributed by atoms with E-state index in [-0.39, 0.29) is 23.5 Å². The number of likely N-dealkylation sites (N-methyl/N-ethyl adjacent to an activating group) is 1. The van der Waals surface area contributed by atoms with Crippen LogP contribution in [0.3, 0.4) is 0 Å². The first kappa shape index (κ1) is 13.3. The predicted octanol–water partition coefficient (Wildman–Crippen LogP) is 0.0146. The van der Waals surface area contributed by atoms with Gasteiger partial charge in [0.05, 0.1) is 11.5 Å². The lowest BCUT2D eigenvalue weighted by Gasteiger charge is -2.30. The molecule has 0 aromatic rings. The molecule has 0 radical (unpaired) electrons. The Kier molecular flexibility index (Phi) is 5.62. The van der Waals surface area contributed by atoms with E-state index < -0.39 is 5.97 Å². The normalized spacial score (nSPS) is 21.7. The van der Waals surface area contributed by atoms with Gasteiger partial charge in [0.25, 0.3) is 0 Å². The highest BCUT2D eigenvalue weighted by Gasteiger charge is 2.18. The second-order valence-electron chi connectivity index (χ2n) is 4.06. The molecule has 0 aromatic heterocycles. The minimum absolute atomic E-state index is 0.0159. The minimum atomic E-state index is -0.879. The molecule has 0 aromatic carbocycles. The quantitative estimate of drug-likeness (QED) is 0.715. The van der Waals surface area contributed by atoms with Crippen molar-refractivity contribution in [2.75, 3.05) is 31.6 Å². The van der Waals surface area contributed by atoms with Crippen LogP contribution < -0.4 is 5.32 Å². The van der Waals surface area contributed by atoms with Crippen LogP contribution in [-0.2, 0) is 9.59 Å². The molecule has 1 aliphatic heterocycles. The molecule has 2 N–H and O–H groups in total. The summed E-state index contributed by atoms with van der Waals surface area (Å²) >= 11 is 1.13. The first-order valence-corrected chi connectivity index (χ1v) is 6.51. The van der Waals surface area contributed by atoms with Crippen LogP contribution in [0, 0.1) is 0 Å². The molecule has 0 aliphatic carbocycles. The van der Waals surface area contributed by atoms with Gasteiger partial charge in [-0.3, -0.25) is 9.59 Å². The number of hydrogen-bond donors (Lipinski definition) is 2. The van der Waals surface area contributed by atoms with Crippen LogP contribution in [0.5, 0.6) is 0 Å². The first-order chi connectivity index (χ1) is 7.58. The van der Waals surface area contributed by atoms with Crippen LogP contribution in [0.1, 0.15) is 12.8 Å². The molecule has 1 aliphatic rings. The molecule has 1 saturated heterocycles. The Morgan fingerprint density at radius 2 is 2.25 bits per heavy atom. The molecular weight excluding hydrogens is 228 g/mol. The molecule has 1 atom stereocenters. The van der Waals surface area contributed by atoms with Gasteiger partial charge in [-0.05, 0) is 26.4 Å². The van der Waals surface area contributed by atoms with E-state index in [1.54, 1.807) is 0 Å². The predicted molar refractivity (Wildman–Crippen MR) is 63.6 cm³/mol. The van der Waals surface area contributed by atoms with Gasteiger partial charge >= 0.3 is 5.97 Å². The summed E-state index contributed by atoms with van der Waals surface area (Å²) in [7, 11) is 2.04. The van der Waals surface area contributed by atoms with E-state index in [2.05, 4.69) is 10.2 Å². The van der Waals surface area contributed by atoms with Crippen LogP contribution >= 0.6 is 11.8 Å². The van der Waals surface area contributed by atoms with Gasteiger partial charge in [0, 0.05) is 12.6 Å². The monoisotopic (exact) mass is 246 g/mol. The lowest BCUT2D eigenvalue weighted by Crippen LogP contribution is -2.46. The molecule has 1 rings (SSSR count). The van der Waals surface area contributed by atoms with Crippen molar-refractivity contribution < 1.29 is 14.7 Å². The van der Waals surface area contributed by atoms with Crippen LogP contribution in [0.15, 0.2) is 0 Å². The first-order valence-electron chi connectivity index (χ1n) is 5.35. The van der Waals surface area contributed by atoms with Gasteiger partial charge in [-0.25, -0.2) is 0 Å². The molecular formula is C10H18N2O3S. The molecule has 5 nitrogen and oxygen atoms in total. The van der Waals surface area contributed by atoms with Crippen molar-refractivity contribution in [3.63, 3.8) is 0 Å². The second-order valence-corrected chi connectivity index (χ2v) is 5.04. The second kappa shape index (κ2) is 6.75. The molecule has 0 spiro atoms. The molecule has 1 heterocycles. The number of carbonyl (C=O) groups is 2. The maximum absolute atomic E-state index is 11.5. The third-order valence-corrected chi connectivity index (χ3v) is 3.37. The van der Waals surface area contributed by atoms with Crippen molar-refractivity contribution >= 4 is 23.6 Å². The van der Waals surface area contributed by atoms with Gasteiger partial charge in [-0.15, -0.1) is 11.8 Å². The third-order valence-electron chi connectivity index (χ3n) is 2.45. The molecule has 92 valence electrons. The van der Waals surface area contributed by atoms with Crippen molar-refractivity contribution in [3.05, 3.63) is 0 Å². The Morgan fingerprint density at radius 1 is 1.50 bits per heavy atom. The number of thioether (sulfide) groups is 1. The fourth-order valence-electron chi connectivity index (χ4n) is 1.78. The van der Waals surface area contributed by atoms with Gasteiger partial charge in [0.15, 0.2) is 0 Å². The molecule has 16 heavy (non-hydrogen) atoms. The number of rotatable bonds is 5. The number of aliphatic carboxylic acids is 1. The number of nitrogens with one attached hydrogen (secondary N) is 1. The zero-order valence-corrected chi connectivity index (χ0v) is 10.3. The molecule has 6 heteroatoms. The van der Waals surface area contributed by atoms with Crippen LogP contribution in [0.4, 0.5) is 0 Å². The summed E-state index contributed by atoms with van der Waals surface area (Å²) in [4.78, 5) is 23.9. The summed E-state index contributed by atoms with van der Waals surface area (Å²) in [6.07, 6.45) is 2.11. The van der Waals surface area contributed by atoms with Crippen LogP contribution in [0.25, 0.3) is 0 Å². The molecule has 0 bridgehead atoms. The summed E-state index contributed by atoms with van der Waals surface area (Å²) in [5.41, 5.74) is 0. The number of carboxylic acids is 1. The number of amides is 1. The van der Waals surface area contributed by atoms with Crippen molar-refractivity contribution in [3.8, 4) is 0 Å². The van der Waals surface area contributed by atoms with Crippen molar-refractivity contribution in [2.45, 2.75) is 18.9 Å². The van der Waals surface area contributed by atoms with E-state index in [1.807, 2.05) is 7.05 Å². The molecule has 1 amide bonds. The van der Waals surface area contributed by atoms with Crippen LogP contribution in [-0.4, -0.2) is 59.6 Å². The number of hydrogen-bond acceptors (Lipinski definition) is 4. The van der Waals surface area contributed by atoms with E-state index in [4.69, 9.17) is 5.11 Å². The van der Waals surface area contributed by atoms with Gasteiger partial charge in [0.1, 0.15) is 0 Å². The standard InChI is InChI=1S/C10H18N2O3S/c1-12-4-2-3-8(5-12)11-9(13)6-16-7-10(14)15/h8H,2-7H2,1H3,(H,11,13)(H,14,15). The number of carbonyl (C=O) groups excluding carboxylic acids is 1. The Bertz CT molecular complexity index is 260. The van der Waals surface area contributed by atoms with E-state index in [0.29, 0.717) is 0 Å². The van der Waals surface area contributed by atoms with Gasteiger partial charge < -0.3 is 15.3 Å². The Hall–Kier alpha value is -0.750. The number of carboxylic acid groups (broad SMARTS) is 1. The highest BCUT2D eigenvalue weighted by molar-refractivity contribution is 8.00. The molecule has 1 fully saturated rings. The lowest BCUT2D eigenvalue weighted by molar-refractivity contribution is -0.133. The highest BCUT2D eigenvalue weighted by atomic mass is 32.2. The molecule has 1 unspecified atom stereocenters. The van der Waals surface area contributed by atoms with Gasteiger partial charge in [-0.2, -0.15) is 0 Å². The summed E-state index contributed by atoms with van der Waals surface area (Å²) in [6, 6.07) is 0.219. The average Bonchev–Trinajstić information content (AvgIpc) is 2.16. The van der Waals surface area contributed by atoms with E-state index >= 15 is 0 Å². The number of nitrogens with zero attached hydrogens (tertiary/aromatic N) is 1. The highest BCUT2D eigenvalue weighted by Crippen LogP contribution is 2.08. The van der Waals surface area contributed by atoms with E-state index in [1.165, 1.54) is 0 Å². The average molecular weight is 246 g/mol. The lowest BCUT2D eigenvalue weighted by atomic mass is 10.1. The summed E-state index contributed by atoms with van der Waals surface area (Å²) < 4.78 is 0. The minimum Gasteiger partial charge on any atom is -0.481 e. The van der Waals surface area contributed by atoms with E-state index in [9.17, 15) is 9.59 Å². The number of piperidine rings is 1. The summed E-state index contributed by atoms with van der Waals surface area (Å²) in [5.74, 6) is -0.730. The van der Waals surface area contributed by atoms with Crippen molar-refractivity contribution in [2.24, 2.45) is 0 Å². The smallest absolute Gasteiger partial charge is 0.313 e. The molecule has 0 saturated carbocycles. The van der Waals surface area contributed by atoms with Gasteiger partial charge in [0.2, 0.25) is 5.91 Å². The largest absolute Gasteiger partial charge is 0.481 e. The topological polar surface area (TPSA) is 69.6 Å². The fraction of sp³-hybridized carbons (Fsp3) is 0.800. The van der Waals surface area contributed by atoms with Crippen molar-refractivity contribution in [1.82, 2.24) is 10.2 Å². The Morgan fingerprint density at radius 3 is 2.88 bits per heavy atom. The SMILES string of the molecule is CN1CCCC(NC(=O)CSCC(=O)O)C1. The maximum atomic E-state index is 11.5. The summed E-state index contributed by atoms with van der Waals surface area (Å²) in [5, 5.41) is 11.4. The third kappa shape index (κ3) is 5.37.